The fourth-order valence-corrected chi connectivity index (χ4v) is 4.59. The van der Waals surface area contributed by atoms with Gasteiger partial charge in [0.1, 0.15) is 16.5 Å². The average molecular weight is 571 g/mol. The molecule has 3 aromatic rings. The first-order valence-electron chi connectivity index (χ1n) is 10.9. The molecule has 8 nitrogen and oxygen atoms in total. The van der Waals surface area contributed by atoms with Gasteiger partial charge in [0.15, 0.2) is 12.2 Å². The number of alkyl halides is 3. The highest BCUT2D eigenvalue weighted by molar-refractivity contribution is 6.32. The smallest absolute Gasteiger partial charge is 0.422 e. The molecule has 1 aliphatic rings. The fraction of sp³-hybridized carbons (Fsp3) is 0.240. The summed E-state index contributed by atoms with van der Waals surface area (Å²) in [4.78, 5) is 28.0. The molecule has 0 saturated heterocycles. The lowest BCUT2D eigenvalue weighted by Crippen LogP contribution is -2.46. The molecule has 0 aliphatic carbocycles. The molecule has 0 radical (unpaired) electrons. The van der Waals surface area contributed by atoms with E-state index in [2.05, 4.69) is 4.98 Å². The molecule has 0 saturated carbocycles. The van der Waals surface area contributed by atoms with Crippen LogP contribution < -0.4 is 14.4 Å². The number of anilines is 1. The van der Waals surface area contributed by atoms with Crippen LogP contribution in [-0.4, -0.2) is 46.9 Å². The molecule has 13 heteroatoms. The molecule has 2 N–H and O–H groups in total. The maximum Gasteiger partial charge on any atom is 0.422 e. The molecule has 0 fully saturated rings. The summed E-state index contributed by atoms with van der Waals surface area (Å²) in [7, 11) is 1.47. The number of aromatic carboxylic acids is 1. The Morgan fingerprint density at radius 2 is 1.87 bits per heavy atom. The quantitative estimate of drug-likeness (QED) is 0.386. The summed E-state index contributed by atoms with van der Waals surface area (Å²) in [5.74, 6) is -3.26. The van der Waals surface area contributed by atoms with E-state index in [9.17, 15) is 27.9 Å². The average Bonchev–Trinajstić information content (AvgIpc) is 2.85. The molecule has 2 atom stereocenters. The summed E-state index contributed by atoms with van der Waals surface area (Å²) in [6.07, 6.45) is -4.10. The summed E-state index contributed by atoms with van der Waals surface area (Å²) < 4.78 is 54.2. The Bertz CT molecular complexity index is 1430. The van der Waals surface area contributed by atoms with Crippen LogP contribution in [0.3, 0.4) is 0 Å². The number of aromatic nitrogens is 1. The van der Waals surface area contributed by atoms with E-state index in [-0.39, 0.29) is 56.8 Å². The topological polar surface area (TPSA) is 109 Å². The number of nitrogens with zero attached hydrogens (tertiary/aromatic N) is 2. The largest absolute Gasteiger partial charge is 0.482 e. The van der Waals surface area contributed by atoms with Gasteiger partial charge in [0, 0.05) is 24.2 Å². The van der Waals surface area contributed by atoms with Crippen molar-refractivity contribution in [2.24, 2.45) is 0 Å². The molecule has 1 aromatic heterocycles. The minimum Gasteiger partial charge on any atom is -0.482 e. The summed E-state index contributed by atoms with van der Waals surface area (Å²) >= 11 is 12.3. The molecule has 2 aromatic carbocycles. The molecular formula is C25H19Cl2F3N2O6. The lowest BCUT2D eigenvalue weighted by Gasteiger charge is -2.38. The third kappa shape index (κ3) is 4.84. The van der Waals surface area contributed by atoms with Crippen LogP contribution in [0.2, 0.25) is 10.0 Å². The number of benzene rings is 2. The highest BCUT2D eigenvalue weighted by Gasteiger charge is 2.59. The number of amides is 1. The van der Waals surface area contributed by atoms with Gasteiger partial charge in [-0.1, -0.05) is 42.3 Å². The van der Waals surface area contributed by atoms with Crippen molar-refractivity contribution in [2.45, 2.75) is 24.6 Å². The third-order valence-electron chi connectivity index (χ3n) is 6.25. The first-order chi connectivity index (χ1) is 17.7. The molecule has 4 rings (SSSR count). The summed E-state index contributed by atoms with van der Waals surface area (Å²) in [6.45, 7) is 0.826. The van der Waals surface area contributed by atoms with Crippen LogP contribution in [0.1, 0.15) is 34.3 Å². The zero-order chi connectivity index (χ0) is 28.0. The molecule has 0 bridgehead atoms. The molecule has 1 aliphatic heterocycles. The highest BCUT2D eigenvalue weighted by atomic mass is 35.5. The number of ether oxygens (including phenoxy) is 2. The van der Waals surface area contributed by atoms with Crippen molar-refractivity contribution in [1.82, 2.24) is 4.98 Å². The van der Waals surface area contributed by atoms with Crippen LogP contribution in [0.15, 0.2) is 48.7 Å². The minimum absolute atomic E-state index is 0.0209. The number of fused-ring (bicyclic) bond motifs is 1. The van der Waals surface area contributed by atoms with Gasteiger partial charge in [-0.05, 0) is 41.5 Å². The van der Waals surface area contributed by atoms with Crippen LogP contribution in [0, 0.1) is 0 Å². The maximum absolute atomic E-state index is 14.4. The molecule has 0 spiro atoms. The number of aliphatic hydroxyl groups is 1. The molecule has 1 amide bonds. The van der Waals surface area contributed by atoms with E-state index >= 15 is 0 Å². The van der Waals surface area contributed by atoms with Crippen molar-refractivity contribution in [3.05, 3.63) is 75.4 Å². The van der Waals surface area contributed by atoms with E-state index < -0.39 is 29.2 Å². The number of hydrogen-bond acceptors (Lipinski definition) is 6. The Kier molecular flexibility index (Phi) is 7.21. The first-order valence-corrected chi connectivity index (χ1v) is 11.7. The van der Waals surface area contributed by atoms with Gasteiger partial charge in [-0.3, -0.25) is 4.79 Å². The van der Waals surface area contributed by atoms with Crippen molar-refractivity contribution in [1.29, 1.82) is 0 Å². The maximum atomic E-state index is 14.4. The summed E-state index contributed by atoms with van der Waals surface area (Å²) in [5, 5.41) is 19.9. The van der Waals surface area contributed by atoms with Crippen LogP contribution >= 0.6 is 23.2 Å². The normalized spacial score (nSPS) is 15.8. The summed E-state index contributed by atoms with van der Waals surface area (Å²) in [6, 6.07) is 8.35. The van der Waals surface area contributed by atoms with E-state index in [4.69, 9.17) is 37.8 Å². The Balaban J connectivity index is 1.68. The van der Waals surface area contributed by atoms with E-state index in [0.29, 0.717) is 0 Å². The molecule has 2 heterocycles. The number of carboxylic acids is 1. The minimum atomic E-state index is -5.13. The van der Waals surface area contributed by atoms with Crippen molar-refractivity contribution >= 4 is 40.8 Å². The molecular weight excluding hydrogens is 552 g/mol. The van der Waals surface area contributed by atoms with E-state index in [0.717, 1.165) is 24.4 Å². The lowest BCUT2D eigenvalue weighted by molar-refractivity contribution is -0.274. The number of likely N-dealkylation sites (N-methyl/N-ethyl adjacent to an activating group) is 1. The third-order valence-corrected chi connectivity index (χ3v) is 6.85. The predicted octanol–water partition coefficient (Wildman–Crippen LogP) is 5.79. The molecule has 38 heavy (non-hydrogen) atoms. The van der Waals surface area contributed by atoms with Crippen LogP contribution in [0.25, 0.3) is 0 Å². The number of pyridine rings is 1. The number of rotatable bonds is 6. The Hall–Kier alpha value is -3.54. The second-order valence-electron chi connectivity index (χ2n) is 8.51. The first kappa shape index (κ1) is 27.5. The number of carboxylic acid groups (broad SMARTS) is 1. The van der Waals surface area contributed by atoms with Gasteiger partial charge in [-0.25, -0.2) is 9.78 Å². The standard InChI is InChI=1S/C25H19Cl2F3N2O6/c1-12(16-5-4-15(9-17(16)26)38-22-18(27)7-13(10-31-22)23(34)35)24(36,25(28,29)30)14-3-6-19-20(8-14)37-11-21(33)32(19)2/h3-10,12,36H,11H2,1-2H3,(H,34,35). The van der Waals surface area contributed by atoms with Gasteiger partial charge in [0.05, 0.1) is 11.3 Å². The number of carbonyl (C=O) groups excluding carboxylic acids is 1. The lowest BCUT2D eigenvalue weighted by atomic mass is 9.77. The monoisotopic (exact) mass is 570 g/mol. The van der Waals surface area contributed by atoms with E-state index in [1.54, 1.807) is 0 Å². The molecule has 200 valence electrons. The Labute approximate surface area is 224 Å². The van der Waals surface area contributed by atoms with Crippen LogP contribution in [0.4, 0.5) is 18.9 Å². The van der Waals surface area contributed by atoms with Crippen molar-refractivity contribution in [3.63, 3.8) is 0 Å². The van der Waals surface area contributed by atoms with Crippen molar-refractivity contribution in [2.75, 3.05) is 18.6 Å². The van der Waals surface area contributed by atoms with Crippen LogP contribution in [0.5, 0.6) is 17.4 Å². The van der Waals surface area contributed by atoms with Gasteiger partial charge in [0.25, 0.3) is 5.91 Å². The number of carbonyl (C=O) groups is 2. The Morgan fingerprint density at radius 1 is 1.16 bits per heavy atom. The summed E-state index contributed by atoms with van der Waals surface area (Å²) in [5.41, 5.74) is -3.81. The van der Waals surface area contributed by atoms with Gasteiger partial charge in [-0.15, -0.1) is 0 Å². The Morgan fingerprint density at radius 3 is 2.47 bits per heavy atom. The second kappa shape index (κ2) is 9.97. The highest BCUT2D eigenvalue weighted by Crippen LogP contribution is 2.51. The zero-order valence-electron chi connectivity index (χ0n) is 19.7. The van der Waals surface area contributed by atoms with Crippen molar-refractivity contribution in [3.8, 4) is 17.4 Å². The van der Waals surface area contributed by atoms with Crippen LogP contribution in [-0.2, 0) is 10.4 Å². The van der Waals surface area contributed by atoms with Crippen molar-refractivity contribution < 1.29 is 42.4 Å². The second-order valence-corrected chi connectivity index (χ2v) is 9.33. The van der Waals surface area contributed by atoms with Gasteiger partial charge in [-0.2, -0.15) is 13.2 Å². The van der Waals surface area contributed by atoms with E-state index in [1.807, 2.05) is 0 Å². The number of halogens is 5. The predicted molar refractivity (Wildman–Crippen MR) is 131 cm³/mol. The zero-order valence-corrected chi connectivity index (χ0v) is 21.2. The molecule has 2 unspecified atom stereocenters. The van der Waals surface area contributed by atoms with Gasteiger partial charge in [0.2, 0.25) is 5.88 Å². The number of hydrogen-bond donors (Lipinski definition) is 2. The SMILES string of the molecule is CC(c1ccc(Oc2ncc(C(=O)O)cc2Cl)cc1Cl)C(O)(c1ccc2c(c1)OCC(=O)N2C)C(F)(F)F. The van der Waals surface area contributed by atoms with Gasteiger partial charge >= 0.3 is 12.1 Å². The van der Waals surface area contributed by atoms with E-state index in [1.165, 1.54) is 43.1 Å². The fourth-order valence-electron chi connectivity index (χ4n) is 4.05. The van der Waals surface area contributed by atoms with Gasteiger partial charge < -0.3 is 24.6 Å².